The Hall–Kier alpha value is -3.36. The van der Waals surface area contributed by atoms with Crippen LogP contribution >= 0.6 is 11.8 Å². The summed E-state index contributed by atoms with van der Waals surface area (Å²) in [5.74, 6) is -3.65. The lowest BCUT2D eigenvalue weighted by molar-refractivity contribution is -0.159. The van der Waals surface area contributed by atoms with E-state index in [4.69, 9.17) is 24.6 Å². The van der Waals surface area contributed by atoms with Crippen LogP contribution in [0, 0.1) is 0 Å². The minimum absolute atomic E-state index is 0.560. The Bertz CT molecular complexity index is 1060. The molecule has 0 heterocycles. The molecule has 0 bridgehead atoms. The number of thioether (sulfide) groups is 1. The van der Waals surface area contributed by atoms with E-state index in [-0.39, 0.29) is 0 Å². The first-order valence-electron chi connectivity index (χ1n) is 9.77. The van der Waals surface area contributed by atoms with Gasteiger partial charge in [-0.15, -0.1) is 11.8 Å². The quantitative estimate of drug-likeness (QED) is 0.183. The molecule has 7 nitrogen and oxygen atoms in total. The average molecular weight is 455 g/mol. The molecule has 168 valence electrons. The van der Waals surface area contributed by atoms with Crippen LogP contribution in [0.5, 0.6) is 0 Å². The predicted molar refractivity (Wildman–Crippen MR) is 128 cm³/mol. The van der Waals surface area contributed by atoms with Gasteiger partial charge in [-0.2, -0.15) is 0 Å². The number of rotatable bonds is 7. The summed E-state index contributed by atoms with van der Waals surface area (Å²) >= 11 is 1.74. The molecule has 0 amide bonds. The van der Waals surface area contributed by atoms with Crippen molar-refractivity contribution in [3.8, 4) is 0 Å². The summed E-state index contributed by atoms with van der Waals surface area (Å²) in [5.41, 5.74) is 3.02. The number of hydrogen-bond acceptors (Lipinski definition) is 6. The van der Waals surface area contributed by atoms with Crippen LogP contribution in [0.3, 0.4) is 0 Å². The van der Waals surface area contributed by atoms with Gasteiger partial charge in [0.1, 0.15) is 12.3 Å². The zero-order valence-corrected chi connectivity index (χ0v) is 19.0. The largest absolute Gasteiger partial charge is 0.473 e. The lowest BCUT2D eigenvalue weighted by atomic mass is 9.97. The first-order chi connectivity index (χ1) is 15.3. The second-order valence-electron chi connectivity index (χ2n) is 6.94. The van der Waals surface area contributed by atoms with Crippen molar-refractivity contribution >= 4 is 40.2 Å². The number of aliphatic carboxylic acids is 2. The maximum atomic E-state index is 9.10. The van der Waals surface area contributed by atoms with E-state index < -0.39 is 11.9 Å². The van der Waals surface area contributed by atoms with Crippen molar-refractivity contribution in [2.24, 2.45) is 5.16 Å². The SMILES string of the molecule is CSc1ccc(C(=NOCCN(C)C)c2cccc3ccccc23)cc1.O=C(O)C(=O)O. The van der Waals surface area contributed by atoms with Crippen molar-refractivity contribution in [1.82, 2.24) is 4.90 Å². The van der Waals surface area contributed by atoms with Gasteiger partial charge in [-0.3, -0.25) is 0 Å². The molecule has 3 aromatic rings. The highest BCUT2D eigenvalue weighted by Crippen LogP contribution is 2.23. The lowest BCUT2D eigenvalue weighted by Crippen LogP contribution is -2.17. The number of likely N-dealkylation sites (N-methyl/N-ethyl adjacent to an activating group) is 1. The van der Waals surface area contributed by atoms with E-state index >= 15 is 0 Å². The molecule has 0 spiro atoms. The number of carboxylic acid groups (broad SMARTS) is 2. The van der Waals surface area contributed by atoms with Crippen LogP contribution in [0.25, 0.3) is 10.8 Å². The number of carboxylic acids is 2. The highest BCUT2D eigenvalue weighted by Gasteiger charge is 2.12. The molecule has 3 rings (SSSR count). The number of fused-ring (bicyclic) bond motifs is 1. The minimum Gasteiger partial charge on any atom is -0.473 e. The molecule has 0 aliphatic rings. The van der Waals surface area contributed by atoms with Gasteiger partial charge in [0.2, 0.25) is 0 Å². The van der Waals surface area contributed by atoms with Gasteiger partial charge in [-0.1, -0.05) is 59.8 Å². The monoisotopic (exact) mass is 454 g/mol. The number of benzene rings is 3. The Balaban J connectivity index is 0.000000534. The molecule has 0 radical (unpaired) electrons. The molecule has 0 saturated heterocycles. The highest BCUT2D eigenvalue weighted by molar-refractivity contribution is 7.98. The number of oxime groups is 1. The van der Waals surface area contributed by atoms with Gasteiger partial charge in [-0.05, 0) is 43.3 Å². The maximum absolute atomic E-state index is 9.10. The van der Waals surface area contributed by atoms with E-state index in [1.165, 1.54) is 15.7 Å². The number of hydrogen-bond donors (Lipinski definition) is 2. The number of nitrogens with zero attached hydrogens (tertiary/aromatic N) is 2. The molecule has 8 heteroatoms. The normalized spacial score (nSPS) is 11.1. The molecule has 0 aliphatic carbocycles. The standard InChI is InChI=1S/C22H24N2OS.C2H2O4/c1-24(2)15-16-25-23-22(18-11-13-19(26-3)14-12-18)21-10-6-8-17-7-4-5-9-20(17)21;3-1(4)2(5)6/h4-14H,15-16H2,1-3H3;(H,3,4)(H,5,6). The zero-order valence-electron chi connectivity index (χ0n) is 18.2. The molecule has 0 saturated carbocycles. The van der Waals surface area contributed by atoms with Crippen LogP contribution < -0.4 is 0 Å². The van der Waals surface area contributed by atoms with Gasteiger partial charge in [-0.25, -0.2) is 9.59 Å². The van der Waals surface area contributed by atoms with Crippen molar-refractivity contribution in [2.75, 3.05) is 33.5 Å². The topological polar surface area (TPSA) is 99.4 Å². The summed E-state index contributed by atoms with van der Waals surface area (Å²) in [4.78, 5) is 27.2. The van der Waals surface area contributed by atoms with Crippen molar-refractivity contribution in [2.45, 2.75) is 4.90 Å². The smallest absolute Gasteiger partial charge is 0.414 e. The fraction of sp³-hybridized carbons (Fsp3) is 0.208. The summed E-state index contributed by atoms with van der Waals surface area (Å²) in [7, 11) is 4.06. The summed E-state index contributed by atoms with van der Waals surface area (Å²) < 4.78 is 0. The first-order valence-corrected chi connectivity index (χ1v) is 11.0. The van der Waals surface area contributed by atoms with Crippen molar-refractivity contribution in [1.29, 1.82) is 0 Å². The Morgan fingerprint density at radius 3 is 2.16 bits per heavy atom. The van der Waals surface area contributed by atoms with Gasteiger partial charge in [0.05, 0.1) is 0 Å². The van der Waals surface area contributed by atoms with Crippen LogP contribution in [0.4, 0.5) is 0 Å². The number of carbonyl (C=O) groups is 2. The highest BCUT2D eigenvalue weighted by atomic mass is 32.2. The molecular formula is C24H26N2O5S. The van der Waals surface area contributed by atoms with Crippen molar-refractivity contribution in [3.05, 3.63) is 77.9 Å². The van der Waals surface area contributed by atoms with E-state index in [0.29, 0.717) is 6.61 Å². The zero-order chi connectivity index (χ0) is 23.5. The van der Waals surface area contributed by atoms with Crippen LogP contribution in [0.1, 0.15) is 11.1 Å². The van der Waals surface area contributed by atoms with E-state index in [0.717, 1.165) is 23.4 Å². The minimum atomic E-state index is -1.82. The summed E-state index contributed by atoms with van der Waals surface area (Å²) in [6.07, 6.45) is 2.08. The van der Waals surface area contributed by atoms with Gasteiger partial charge in [0, 0.05) is 22.6 Å². The Morgan fingerprint density at radius 1 is 0.938 bits per heavy atom. The maximum Gasteiger partial charge on any atom is 0.414 e. The lowest BCUT2D eigenvalue weighted by Gasteiger charge is -2.12. The van der Waals surface area contributed by atoms with Gasteiger partial charge in [0.15, 0.2) is 0 Å². The average Bonchev–Trinajstić information content (AvgIpc) is 2.79. The van der Waals surface area contributed by atoms with Crippen LogP contribution in [-0.4, -0.2) is 66.3 Å². The third kappa shape index (κ3) is 7.40. The Labute approximate surface area is 191 Å². The molecule has 0 fully saturated rings. The summed E-state index contributed by atoms with van der Waals surface area (Å²) in [6.45, 7) is 1.39. The van der Waals surface area contributed by atoms with E-state index in [1.807, 2.05) is 14.1 Å². The molecular weight excluding hydrogens is 428 g/mol. The Kier molecular flexibility index (Phi) is 9.72. The first kappa shape index (κ1) is 24.9. The third-order valence-electron chi connectivity index (χ3n) is 4.38. The summed E-state index contributed by atoms with van der Waals surface area (Å²) in [5, 5.41) is 21.7. The molecule has 32 heavy (non-hydrogen) atoms. The van der Waals surface area contributed by atoms with Crippen LogP contribution in [-0.2, 0) is 14.4 Å². The van der Waals surface area contributed by atoms with E-state index in [9.17, 15) is 0 Å². The summed E-state index contributed by atoms with van der Waals surface area (Å²) in [6, 6.07) is 23.2. The second kappa shape index (κ2) is 12.5. The van der Waals surface area contributed by atoms with E-state index in [2.05, 4.69) is 83.0 Å². The van der Waals surface area contributed by atoms with Crippen molar-refractivity contribution in [3.63, 3.8) is 0 Å². The molecule has 0 aromatic heterocycles. The molecule has 2 N–H and O–H groups in total. The fourth-order valence-electron chi connectivity index (χ4n) is 2.77. The van der Waals surface area contributed by atoms with Gasteiger partial charge >= 0.3 is 11.9 Å². The van der Waals surface area contributed by atoms with Crippen LogP contribution in [0.15, 0.2) is 76.8 Å². The molecule has 3 aromatic carbocycles. The van der Waals surface area contributed by atoms with Crippen LogP contribution in [0.2, 0.25) is 0 Å². The molecule has 0 atom stereocenters. The molecule has 0 aliphatic heterocycles. The predicted octanol–water partition coefficient (Wildman–Crippen LogP) is 4.05. The third-order valence-corrected chi connectivity index (χ3v) is 5.12. The second-order valence-corrected chi connectivity index (χ2v) is 7.82. The van der Waals surface area contributed by atoms with Gasteiger partial charge in [0.25, 0.3) is 0 Å². The van der Waals surface area contributed by atoms with E-state index in [1.54, 1.807) is 11.8 Å². The molecule has 0 unspecified atom stereocenters. The fourth-order valence-corrected chi connectivity index (χ4v) is 3.18. The van der Waals surface area contributed by atoms with Gasteiger partial charge < -0.3 is 20.0 Å². The Morgan fingerprint density at radius 2 is 1.56 bits per heavy atom. The van der Waals surface area contributed by atoms with Crippen molar-refractivity contribution < 1.29 is 24.6 Å².